The number of sulfone groups is 1. The maximum atomic E-state index is 13.4. The first-order valence-electron chi connectivity index (χ1n) is 11.1. The number of aryl methyl sites for hydroxylation is 2. The van der Waals surface area contributed by atoms with Gasteiger partial charge in [-0.15, -0.1) is 17.5 Å². The average molecular weight is 482 g/mol. The lowest BCUT2D eigenvalue weighted by molar-refractivity contribution is 0.371. The van der Waals surface area contributed by atoms with Gasteiger partial charge in [0.2, 0.25) is 0 Å². The summed E-state index contributed by atoms with van der Waals surface area (Å²) in [5.74, 6) is 0.332. The maximum absolute atomic E-state index is 13.4. The second-order valence-electron chi connectivity index (χ2n) is 8.30. The Morgan fingerprint density at radius 3 is 2.50 bits per heavy atom. The summed E-state index contributed by atoms with van der Waals surface area (Å²) in [6, 6.07) is 0.537. The lowest BCUT2D eigenvalue weighted by Gasteiger charge is -2.23. The summed E-state index contributed by atoms with van der Waals surface area (Å²) in [6.07, 6.45) is 13.4. The molecule has 1 saturated carbocycles. The predicted molar refractivity (Wildman–Crippen MR) is 134 cm³/mol. The van der Waals surface area contributed by atoms with Crippen molar-refractivity contribution in [2.75, 3.05) is 12.4 Å². The van der Waals surface area contributed by atoms with Crippen molar-refractivity contribution in [3.63, 3.8) is 0 Å². The standard InChI is InChI=1S/C23H35N5O2S.ClH/c1-6-7-9-12-16(2)31(29,30)21-22(24-5)27-28-18(4)20(17(3)26-23(21)28)15-25-19-13-10-8-11-14-19;/h6-7,9,12,16,19,25H,8,10-11,13-15H2,1-5H3,(H,24,27);1H/b7-6-,12-9-;. The van der Waals surface area contributed by atoms with Gasteiger partial charge in [-0.25, -0.2) is 17.9 Å². The summed E-state index contributed by atoms with van der Waals surface area (Å²) in [5.41, 5.74) is 3.21. The van der Waals surface area contributed by atoms with Crippen LogP contribution in [0.15, 0.2) is 29.2 Å². The number of rotatable bonds is 8. The molecular formula is C23H36ClN5O2S. The largest absolute Gasteiger partial charge is 0.371 e. The quantitative estimate of drug-likeness (QED) is 0.538. The number of nitrogens with zero attached hydrogens (tertiary/aromatic N) is 3. The fourth-order valence-electron chi connectivity index (χ4n) is 4.20. The Labute approximate surface area is 198 Å². The highest BCUT2D eigenvalue weighted by Crippen LogP contribution is 2.30. The van der Waals surface area contributed by atoms with Crippen molar-refractivity contribution in [2.24, 2.45) is 0 Å². The average Bonchev–Trinajstić information content (AvgIpc) is 3.13. The van der Waals surface area contributed by atoms with Crippen LogP contribution in [0.3, 0.4) is 0 Å². The van der Waals surface area contributed by atoms with E-state index < -0.39 is 15.1 Å². The molecule has 2 aromatic heterocycles. The lowest BCUT2D eigenvalue weighted by atomic mass is 9.95. The van der Waals surface area contributed by atoms with Crippen molar-refractivity contribution in [1.82, 2.24) is 19.9 Å². The Morgan fingerprint density at radius 2 is 1.88 bits per heavy atom. The van der Waals surface area contributed by atoms with Gasteiger partial charge in [0.05, 0.1) is 5.25 Å². The van der Waals surface area contributed by atoms with Crippen LogP contribution in [-0.2, 0) is 16.4 Å². The molecule has 7 nitrogen and oxygen atoms in total. The van der Waals surface area contributed by atoms with E-state index >= 15 is 0 Å². The van der Waals surface area contributed by atoms with Gasteiger partial charge in [0, 0.05) is 36.6 Å². The number of halogens is 1. The van der Waals surface area contributed by atoms with Crippen LogP contribution in [0.4, 0.5) is 5.82 Å². The minimum absolute atomic E-state index is 0. The SMILES string of the molecule is C/C=C\C=C/C(C)S(=O)(=O)c1c(NC)nn2c(C)c(CNC3CCCCC3)c(C)nc12.Cl. The molecule has 2 aromatic rings. The fourth-order valence-corrected chi connectivity index (χ4v) is 5.67. The molecule has 2 N–H and O–H groups in total. The Balaban J connectivity index is 0.00000363. The second kappa shape index (κ2) is 11.3. The Kier molecular flexibility index (Phi) is 9.30. The van der Waals surface area contributed by atoms with E-state index in [2.05, 4.69) is 15.7 Å². The molecule has 0 saturated heterocycles. The van der Waals surface area contributed by atoms with Gasteiger partial charge in [-0.1, -0.05) is 43.6 Å². The summed E-state index contributed by atoms with van der Waals surface area (Å²) in [6.45, 7) is 8.22. The normalized spacial score (nSPS) is 16.7. The van der Waals surface area contributed by atoms with Gasteiger partial charge in [0.1, 0.15) is 0 Å². The maximum Gasteiger partial charge on any atom is 0.191 e. The van der Waals surface area contributed by atoms with Gasteiger partial charge in [0.25, 0.3) is 0 Å². The zero-order chi connectivity index (χ0) is 22.6. The smallest absolute Gasteiger partial charge is 0.191 e. The van der Waals surface area contributed by atoms with Crippen molar-refractivity contribution in [3.8, 4) is 0 Å². The third-order valence-corrected chi connectivity index (χ3v) is 8.23. The van der Waals surface area contributed by atoms with Crippen molar-refractivity contribution >= 4 is 33.7 Å². The highest BCUT2D eigenvalue weighted by Gasteiger charge is 2.31. The van der Waals surface area contributed by atoms with E-state index in [0.29, 0.717) is 24.1 Å². The molecule has 1 unspecified atom stereocenters. The number of hydrogen-bond donors (Lipinski definition) is 2. The summed E-state index contributed by atoms with van der Waals surface area (Å²) < 4.78 is 28.5. The minimum Gasteiger partial charge on any atom is -0.371 e. The highest BCUT2D eigenvalue weighted by atomic mass is 35.5. The van der Waals surface area contributed by atoms with Crippen LogP contribution in [-0.4, -0.2) is 41.4 Å². The zero-order valence-corrected chi connectivity index (χ0v) is 21.3. The number of hydrogen-bond acceptors (Lipinski definition) is 6. The number of allylic oxidation sites excluding steroid dienone is 3. The molecule has 0 bridgehead atoms. The molecule has 9 heteroatoms. The van der Waals surface area contributed by atoms with Gasteiger partial charge in [-0.3, -0.25) is 0 Å². The fraction of sp³-hybridized carbons (Fsp3) is 0.565. The molecule has 1 aliphatic rings. The minimum atomic E-state index is -3.67. The first-order valence-corrected chi connectivity index (χ1v) is 12.7. The molecule has 0 aliphatic heterocycles. The first kappa shape index (κ1) is 26.4. The Morgan fingerprint density at radius 1 is 1.19 bits per heavy atom. The lowest BCUT2D eigenvalue weighted by Crippen LogP contribution is -2.31. The van der Waals surface area contributed by atoms with Crippen LogP contribution >= 0.6 is 12.4 Å². The number of fused-ring (bicyclic) bond motifs is 1. The van der Waals surface area contributed by atoms with Crippen molar-refractivity contribution in [3.05, 3.63) is 41.3 Å². The Bertz CT molecular complexity index is 1090. The molecule has 0 amide bonds. The summed E-state index contributed by atoms with van der Waals surface area (Å²) in [7, 11) is -1.98. The van der Waals surface area contributed by atoms with Gasteiger partial charge in [-0.2, -0.15) is 0 Å². The van der Waals surface area contributed by atoms with E-state index in [4.69, 9.17) is 4.98 Å². The van der Waals surface area contributed by atoms with E-state index in [1.165, 1.54) is 32.1 Å². The topological polar surface area (TPSA) is 88.4 Å². The van der Waals surface area contributed by atoms with Crippen molar-refractivity contribution in [2.45, 2.75) is 82.5 Å². The van der Waals surface area contributed by atoms with Crippen molar-refractivity contribution < 1.29 is 8.42 Å². The molecule has 178 valence electrons. The molecule has 3 rings (SSSR count). The number of aromatic nitrogens is 3. The van der Waals surface area contributed by atoms with Crippen LogP contribution in [0.2, 0.25) is 0 Å². The van der Waals surface area contributed by atoms with Gasteiger partial charge >= 0.3 is 0 Å². The molecule has 0 radical (unpaired) electrons. The van der Waals surface area contributed by atoms with Crippen molar-refractivity contribution in [1.29, 1.82) is 0 Å². The van der Waals surface area contributed by atoms with Crippen LogP contribution in [0, 0.1) is 13.8 Å². The molecule has 1 atom stereocenters. The first-order chi connectivity index (χ1) is 14.8. The van der Waals surface area contributed by atoms with Gasteiger partial charge in [0.15, 0.2) is 26.2 Å². The molecule has 1 aliphatic carbocycles. The Hall–Kier alpha value is -1.90. The summed E-state index contributed by atoms with van der Waals surface area (Å²) in [4.78, 5) is 4.88. The third-order valence-electron chi connectivity index (χ3n) is 6.15. The van der Waals surface area contributed by atoms with E-state index in [1.807, 2.05) is 32.9 Å². The van der Waals surface area contributed by atoms with Gasteiger partial charge < -0.3 is 10.6 Å². The summed E-state index contributed by atoms with van der Waals surface area (Å²) >= 11 is 0. The number of anilines is 1. The molecule has 0 spiro atoms. The van der Waals surface area contributed by atoms with Crippen LogP contribution < -0.4 is 10.6 Å². The molecule has 32 heavy (non-hydrogen) atoms. The third kappa shape index (κ3) is 5.35. The summed E-state index contributed by atoms with van der Waals surface area (Å²) in [5, 5.41) is 10.5. The molecule has 0 aromatic carbocycles. The van der Waals surface area contributed by atoms with E-state index in [0.717, 1.165) is 17.0 Å². The molecule has 1 fully saturated rings. The monoisotopic (exact) mass is 481 g/mol. The van der Waals surface area contributed by atoms with E-state index in [-0.39, 0.29) is 17.3 Å². The highest BCUT2D eigenvalue weighted by molar-refractivity contribution is 7.92. The van der Waals surface area contributed by atoms with E-state index in [1.54, 1.807) is 30.6 Å². The van der Waals surface area contributed by atoms with E-state index in [9.17, 15) is 8.42 Å². The molecule has 2 heterocycles. The van der Waals surface area contributed by atoms with Crippen LogP contribution in [0.25, 0.3) is 5.65 Å². The van der Waals surface area contributed by atoms with Gasteiger partial charge in [-0.05, 0) is 40.5 Å². The predicted octanol–water partition coefficient (Wildman–Crippen LogP) is 4.53. The molecular weight excluding hydrogens is 446 g/mol. The second-order valence-corrected chi connectivity index (χ2v) is 10.5. The zero-order valence-electron chi connectivity index (χ0n) is 19.7. The number of nitrogens with one attached hydrogen (secondary N) is 2. The van der Waals surface area contributed by atoms with Crippen LogP contribution in [0.1, 0.15) is 62.9 Å². The van der Waals surface area contributed by atoms with Crippen LogP contribution in [0.5, 0.6) is 0 Å².